The van der Waals surface area contributed by atoms with Crippen LogP contribution in [-0.2, 0) is 0 Å². The second-order valence-electron chi connectivity index (χ2n) is 4.20. The molecule has 0 saturated heterocycles. The van der Waals surface area contributed by atoms with Crippen molar-refractivity contribution >= 4 is 31.5 Å². The average molecular weight is 255 g/mol. The highest BCUT2D eigenvalue weighted by molar-refractivity contribution is 7.24. The van der Waals surface area contributed by atoms with Crippen LogP contribution < -0.4 is 5.43 Å². The van der Waals surface area contributed by atoms with Gasteiger partial charge in [0, 0.05) is 20.2 Å². The topological polar surface area (TPSA) is 37.3 Å². The van der Waals surface area contributed by atoms with Gasteiger partial charge < -0.3 is 5.11 Å². The second-order valence-corrected chi connectivity index (χ2v) is 5.28. The van der Waals surface area contributed by atoms with Gasteiger partial charge in [-0.2, -0.15) is 0 Å². The lowest BCUT2D eigenvalue weighted by atomic mass is 10.1. The Balaban J connectivity index is 2.44. The van der Waals surface area contributed by atoms with Crippen LogP contribution in [0, 0.1) is 6.92 Å². The standard InChI is InChI=1S/C15H11O2S/c1-9(16)10-6-7-12-14(8-10)18-13-5-3-2-4-11(13)15(12)17/h2-9,16H,1H2. The number of aliphatic hydroxyl groups excluding tert-OH is 1. The molecule has 0 amide bonds. The molecule has 2 nitrogen and oxygen atoms in total. The molecule has 3 aromatic rings. The van der Waals surface area contributed by atoms with E-state index in [-0.39, 0.29) is 5.43 Å². The smallest absolute Gasteiger partial charge is 0.195 e. The zero-order valence-electron chi connectivity index (χ0n) is 9.59. The number of fused-ring (bicyclic) bond motifs is 2. The van der Waals surface area contributed by atoms with Crippen molar-refractivity contribution in [3.05, 3.63) is 65.2 Å². The Morgan fingerprint density at radius 3 is 2.56 bits per heavy atom. The minimum atomic E-state index is -0.761. The Kier molecular flexibility index (Phi) is 2.65. The summed E-state index contributed by atoms with van der Waals surface area (Å²) in [7, 11) is 0. The van der Waals surface area contributed by atoms with Gasteiger partial charge >= 0.3 is 0 Å². The number of hydrogen-bond acceptors (Lipinski definition) is 3. The minimum Gasteiger partial charge on any atom is -0.388 e. The molecule has 2 aromatic carbocycles. The molecule has 1 atom stereocenters. The predicted molar refractivity (Wildman–Crippen MR) is 75.9 cm³/mol. The van der Waals surface area contributed by atoms with Gasteiger partial charge in [-0.15, -0.1) is 11.3 Å². The van der Waals surface area contributed by atoms with Crippen molar-refractivity contribution in [2.24, 2.45) is 0 Å². The molecule has 0 bridgehead atoms. The largest absolute Gasteiger partial charge is 0.388 e. The summed E-state index contributed by atoms with van der Waals surface area (Å²) in [6.07, 6.45) is -0.761. The zero-order valence-corrected chi connectivity index (χ0v) is 10.4. The van der Waals surface area contributed by atoms with Gasteiger partial charge in [-0.1, -0.05) is 18.2 Å². The fraction of sp³-hybridized carbons (Fsp3) is 0.0667. The molecule has 0 aliphatic carbocycles. The monoisotopic (exact) mass is 255 g/mol. The second kappa shape index (κ2) is 4.19. The lowest BCUT2D eigenvalue weighted by Crippen LogP contribution is -2.01. The lowest BCUT2D eigenvalue weighted by Gasteiger charge is -2.06. The SMILES string of the molecule is [CH2]C(O)c1ccc2c(=O)c3ccccc3sc2c1. The summed E-state index contributed by atoms with van der Waals surface area (Å²) in [6, 6.07) is 12.9. The van der Waals surface area contributed by atoms with Crippen LogP contribution in [0.5, 0.6) is 0 Å². The van der Waals surface area contributed by atoms with Gasteiger partial charge in [-0.3, -0.25) is 4.79 Å². The fourth-order valence-electron chi connectivity index (χ4n) is 2.02. The molecule has 18 heavy (non-hydrogen) atoms. The van der Waals surface area contributed by atoms with Crippen molar-refractivity contribution in [2.45, 2.75) is 6.10 Å². The Morgan fingerprint density at radius 2 is 1.78 bits per heavy atom. The molecule has 1 N–H and O–H groups in total. The predicted octanol–water partition coefficient (Wildman–Crippen LogP) is 3.28. The van der Waals surface area contributed by atoms with Gasteiger partial charge in [0.15, 0.2) is 5.43 Å². The van der Waals surface area contributed by atoms with Crippen LogP contribution >= 0.6 is 11.3 Å². The van der Waals surface area contributed by atoms with Gasteiger partial charge in [-0.05, 0) is 36.8 Å². The van der Waals surface area contributed by atoms with E-state index in [9.17, 15) is 9.90 Å². The van der Waals surface area contributed by atoms with Crippen molar-refractivity contribution in [1.29, 1.82) is 0 Å². The minimum absolute atomic E-state index is 0.0458. The van der Waals surface area contributed by atoms with E-state index < -0.39 is 6.10 Å². The Hall–Kier alpha value is -1.71. The maximum Gasteiger partial charge on any atom is 0.195 e. The summed E-state index contributed by atoms with van der Waals surface area (Å²) in [6.45, 7) is 3.58. The van der Waals surface area contributed by atoms with E-state index >= 15 is 0 Å². The molecule has 1 heterocycles. The number of benzene rings is 2. The molecule has 3 rings (SSSR count). The van der Waals surface area contributed by atoms with E-state index in [1.807, 2.05) is 30.3 Å². The van der Waals surface area contributed by atoms with E-state index in [0.29, 0.717) is 5.39 Å². The van der Waals surface area contributed by atoms with Crippen LogP contribution in [0.2, 0.25) is 0 Å². The van der Waals surface area contributed by atoms with Gasteiger partial charge in [-0.25, -0.2) is 0 Å². The third kappa shape index (κ3) is 1.72. The van der Waals surface area contributed by atoms with Crippen LogP contribution in [0.4, 0.5) is 0 Å². The summed E-state index contributed by atoms with van der Waals surface area (Å²) in [4.78, 5) is 12.3. The molecule has 89 valence electrons. The van der Waals surface area contributed by atoms with Crippen molar-refractivity contribution in [3.63, 3.8) is 0 Å². The van der Waals surface area contributed by atoms with Gasteiger partial charge in [0.25, 0.3) is 0 Å². The maximum absolute atomic E-state index is 12.3. The molecule has 0 spiro atoms. The molecule has 1 radical (unpaired) electrons. The van der Waals surface area contributed by atoms with E-state index in [1.54, 1.807) is 23.5 Å². The summed E-state index contributed by atoms with van der Waals surface area (Å²) in [5, 5.41) is 10.9. The van der Waals surface area contributed by atoms with E-state index in [2.05, 4.69) is 6.92 Å². The third-order valence-corrected chi connectivity index (χ3v) is 4.12. The first-order valence-corrected chi connectivity index (χ1v) is 6.45. The average Bonchev–Trinajstić information content (AvgIpc) is 2.38. The fourth-order valence-corrected chi connectivity index (χ4v) is 3.14. The highest BCUT2D eigenvalue weighted by atomic mass is 32.1. The summed E-state index contributed by atoms with van der Waals surface area (Å²) in [5.74, 6) is 0. The third-order valence-electron chi connectivity index (χ3n) is 2.99. The van der Waals surface area contributed by atoms with Gasteiger partial charge in [0.05, 0.1) is 6.10 Å². The van der Waals surface area contributed by atoms with Crippen molar-refractivity contribution in [3.8, 4) is 0 Å². The Morgan fingerprint density at radius 1 is 1.06 bits per heavy atom. The maximum atomic E-state index is 12.3. The number of hydrogen-bond donors (Lipinski definition) is 1. The van der Waals surface area contributed by atoms with Crippen molar-refractivity contribution in [2.75, 3.05) is 0 Å². The summed E-state index contributed by atoms with van der Waals surface area (Å²) in [5.41, 5.74) is 0.776. The van der Waals surface area contributed by atoms with E-state index in [1.165, 1.54) is 0 Å². The number of rotatable bonds is 1. The van der Waals surface area contributed by atoms with Crippen molar-refractivity contribution < 1.29 is 5.11 Å². The van der Waals surface area contributed by atoms with Crippen LogP contribution in [0.25, 0.3) is 20.2 Å². The molecule has 0 fully saturated rings. The molecular weight excluding hydrogens is 244 g/mol. The quantitative estimate of drug-likeness (QED) is 0.677. The van der Waals surface area contributed by atoms with Crippen LogP contribution in [0.1, 0.15) is 11.7 Å². The summed E-state index contributed by atoms with van der Waals surface area (Å²) >= 11 is 1.56. The highest BCUT2D eigenvalue weighted by Crippen LogP contribution is 2.26. The number of aliphatic hydroxyl groups is 1. The van der Waals surface area contributed by atoms with E-state index in [0.717, 1.165) is 20.3 Å². The summed E-state index contributed by atoms with van der Waals surface area (Å²) < 4.78 is 1.85. The first-order chi connectivity index (χ1) is 8.66. The molecule has 0 saturated carbocycles. The van der Waals surface area contributed by atoms with Crippen LogP contribution in [0.3, 0.4) is 0 Å². The van der Waals surface area contributed by atoms with Crippen molar-refractivity contribution in [1.82, 2.24) is 0 Å². The van der Waals surface area contributed by atoms with E-state index in [4.69, 9.17) is 0 Å². The lowest BCUT2D eigenvalue weighted by molar-refractivity contribution is 0.226. The van der Waals surface area contributed by atoms with Gasteiger partial charge in [0.2, 0.25) is 0 Å². The molecule has 0 aliphatic rings. The van der Waals surface area contributed by atoms with Gasteiger partial charge in [0.1, 0.15) is 0 Å². The molecule has 1 unspecified atom stereocenters. The molecule has 0 aliphatic heterocycles. The first-order valence-electron chi connectivity index (χ1n) is 5.63. The zero-order chi connectivity index (χ0) is 12.7. The van der Waals surface area contributed by atoms with Crippen LogP contribution in [-0.4, -0.2) is 5.11 Å². The molecule has 3 heteroatoms. The Labute approximate surface area is 108 Å². The highest BCUT2D eigenvalue weighted by Gasteiger charge is 2.07. The normalized spacial score (nSPS) is 13.0. The molecule has 1 aromatic heterocycles. The van der Waals surface area contributed by atoms with Crippen LogP contribution in [0.15, 0.2) is 47.3 Å². The first kappa shape index (κ1) is 11.4. The molecular formula is C15H11O2S. The Bertz CT molecular complexity index is 787.